The number of hydrogen-bond acceptors (Lipinski definition) is 3. The number of fused-ring (bicyclic) bond motifs is 2. The largest absolute Gasteiger partial charge is 0.342 e. The Morgan fingerprint density at radius 1 is 0.970 bits per heavy atom. The molecule has 2 aliphatic heterocycles. The van der Waals surface area contributed by atoms with E-state index < -0.39 is 0 Å². The molecule has 1 atom stereocenters. The minimum absolute atomic E-state index is 0.0338. The average Bonchev–Trinajstić information content (AvgIpc) is 3.54. The second-order valence-electron chi connectivity index (χ2n) is 9.59. The predicted octanol–water partition coefficient (Wildman–Crippen LogP) is 3.03. The number of carbonyl (C=O) groups excluding carboxylic acids is 2. The summed E-state index contributed by atoms with van der Waals surface area (Å²) in [6.45, 7) is 1.68. The van der Waals surface area contributed by atoms with Gasteiger partial charge in [-0.05, 0) is 67.5 Å². The molecule has 1 unspecified atom stereocenters. The number of likely N-dealkylation sites (tertiary alicyclic amines) is 1. The Morgan fingerprint density at radius 3 is 2.61 bits per heavy atom. The molecule has 33 heavy (non-hydrogen) atoms. The van der Waals surface area contributed by atoms with E-state index in [0.29, 0.717) is 19.6 Å². The zero-order valence-corrected chi connectivity index (χ0v) is 18.6. The second kappa shape index (κ2) is 7.90. The van der Waals surface area contributed by atoms with Crippen molar-refractivity contribution in [2.24, 2.45) is 5.92 Å². The molecule has 2 aromatic carbocycles. The van der Waals surface area contributed by atoms with E-state index in [1.54, 1.807) is 4.90 Å². The summed E-state index contributed by atoms with van der Waals surface area (Å²) in [4.78, 5) is 45.1. The standard InChI is InChI=1S/C26H28N4O3/c31-24-15-19(16-29(24)21-9-8-17-4-3-5-18(17)14-21)25(32)28-12-10-20(11-13-28)30-23-7-2-1-6-22(23)27-26(30)33/h1-2,6-9,14,19-20H,3-5,10-13,15-16H2,(H,27,33). The zero-order chi connectivity index (χ0) is 22.5. The van der Waals surface area contributed by atoms with Crippen molar-refractivity contribution in [2.45, 2.75) is 44.6 Å². The molecule has 3 aromatic rings. The number of benzene rings is 2. The molecule has 0 spiro atoms. The van der Waals surface area contributed by atoms with Crippen LogP contribution in [-0.2, 0) is 22.4 Å². The summed E-state index contributed by atoms with van der Waals surface area (Å²) in [6.07, 6.45) is 5.12. The number of nitrogens with zero attached hydrogens (tertiary/aromatic N) is 3. The molecule has 2 saturated heterocycles. The fraction of sp³-hybridized carbons (Fsp3) is 0.423. The number of anilines is 1. The van der Waals surface area contributed by atoms with Crippen LogP contribution in [0.1, 0.15) is 42.9 Å². The van der Waals surface area contributed by atoms with Crippen LogP contribution in [0.3, 0.4) is 0 Å². The second-order valence-corrected chi connectivity index (χ2v) is 9.59. The van der Waals surface area contributed by atoms with Gasteiger partial charge < -0.3 is 14.8 Å². The molecular formula is C26H28N4O3. The Balaban J connectivity index is 1.13. The van der Waals surface area contributed by atoms with E-state index in [4.69, 9.17) is 0 Å². The number of para-hydroxylation sites is 2. The van der Waals surface area contributed by atoms with Crippen LogP contribution < -0.4 is 10.6 Å². The first kappa shape index (κ1) is 20.3. The van der Waals surface area contributed by atoms with Gasteiger partial charge in [-0.15, -0.1) is 0 Å². The lowest BCUT2D eigenvalue weighted by Crippen LogP contribution is -2.43. The Labute approximate surface area is 192 Å². The van der Waals surface area contributed by atoms with Crippen molar-refractivity contribution in [3.63, 3.8) is 0 Å². The van der Waals surface area contributed by atoms with Crippen LogP contribution in [0.2, 0.25) is 0 Å². The number of H-pyrrole nitrogens is 1. The quantitative estimate of drug-likeness (QED) is 0.675. The summed E-state index contributed by atoms with van der Waals surface area (Å²) >= 11 is 0. The first-order chi connectivity index (χ1) is 16.1. The number of rotatable bonds is 3. The van der Waals surface area contributed by atoms with Crippen LogP contribution in [0, 0.1) is 5.92 Å². The van der Waals surface area contributed by atoms with Gasteiger partial charge in [0.05, 0.1) is 17.0 Å². The molecule has 0 saturated carbocycles. The highest BCUT2D eigenvalue weighted by atomic mass is 16.2. The van der Waals surface area contributed by atoms with Crippen LogP contribution in [0.4, 0.5) is 5.69 Å². The fourth-order valence-corrected chi connectivity index (χ4v) is 5.89. The molecule has 3 heterocycles. The number of aromatic amines is 1. The predicted molar refractivity (Wildman–Crippen MR) is 126 cm³/mol. The molecule has 170 valence electrons. The summed E-state index contributed by atoms with van der Waals surface area (Å²) in [5.74, 6) is -0.193. The molecule has 2 amide bonds. The molecular weight excluding hydrogens is 416 g/mol. The molecule has 1 N–H and O–H groups in total. The maximum atomic E-state index is 13.3. The number of piperidine rings is 1. The number of amides is 2. The van der Waals surface area contributed by atoms with E-state index in [1.807, 2.05) is 39.8 Å². The monoisotopic (exact) mass is 444 g/mol. The van der Waals surface area contributed by atoms with E-state index in [0.717, 1.165) is 42.4 Å². The third-order valence-electron chi connectivity index (χ3n) is 7.63. The van der Waals surface area contributed by atoms with Gasteiger partial charge in [0.2, 0.25) is 11.8 Å². The van der Waals surface area contributed by atoms with E-state index in [1.165, 1.54) is 17.5 Å². The molecule has 6 rings (SSSR count). The third-order valence-corrected chi connectivity index (χ3v) is 7.63. The number of carbonyl (C=O) groups is 2. The Hall–Kier alpha value is -3.35. The van der Waals surface area contributed by atoms with Gasteiger partial charge in [-0.3, -0.25) is 14.2 Å². The summed E-state index contributed by atoms with van der Waals surface area (Å²) in [6, 6.07) is 14.1. The molecule has 2 fully saturated rings. The number of aromatic nitrogens is 2. The molecule has 1 aliphatic carbocycles. The minimum Gasteiger partial charge on any atom is -0.342 e. The van der Waals surface area contributed by atoms with Crippen molar-refractivity contribution in [1.29, 1.82) is 0 Å². The summed E-state index contributed by atoms with van der Waals surface area (Å²) in [5.41, 5.74) is 5.32. The topological polar surface area (TPSA) is 78.4 Å². The SMILES string of the molecule is O=C(C1CC(=O)N(c2ccc3c(c2)CCC3)C1)N1CCC(n2c(=O)[nH]c3ccccc32)CC1. The van der Waals surface area contributed by atoms with Crippen molar-refractivity contribution in [2.75, 3.05) is 24.5 Å². The van der Waals surface area contributed by atoms with Crippen LogP contribution in [0.25, 0.3) is 11.0 Å². The number of hydrogen-bond donors (Lipinski definition) is 1. The smallest absolute Gasteiger partial charge is 0.326 e. The number of aryl methyl sites for hydroxylation is 2. The first-order valence-corrected chi connectivity index (χ1v) is 12.0. The van der Waals surface area contributed by atoms with Crippen molar-refractivity contribution >= 4 is 28.5 Å². The Bertz CT molecular complexity index is 1300. The van der Waals surface area contributed by atoms with Gasteiger partial charge in [-0.1, -0.05) is 18.2 Å². The molecule has 0 radical (unpaired) electrons. The maximum Gasteiger partial charge on any atom is 0.326 e. The lowest BCUT2D eigenvalue weighted by atomic mass is 10.0. The molecule has 7 heteroatoms. The summed E-state index contributed by atoms with van der Waals surface area (Å²) < 4.78 is 1.84. The van der Waals surface area contributed by atoms with E-state index in [2.05, 4.69) is 17.1 Å². The number of imidazole rings is 1. The van der Waals surface area contributed by atoms with Gasteiger partial charge in [-0.25, -0.2) is 4.79 Å². The van der Waals surface area contributed by atoms with Gasteiger partial charge in [0.15, 0.2) is 0 Å². The van der Waals surface area contributed by atoms with E-state index >= 15 is 0 Å². The van der Waals surface area contributed by atoms with Gasteiger partial charge in [0.25, 0.3) is 0 Å². The molecule has 3 aliphatic rings. The minimum atomic E-state index is -0.293. The zero-order valence-electron chi connectivity index (χ0n) is 18.6. The van der Waals surface area contributed by atoms with Crippen LogP contribution in [0.5, 0.6) is 0 Å². The first-order valence-electron chi connectivity index (χ1n) is 12.0. The highest BCUT2D eigenvalue weighted by Gasteiger charge is 2.38. The Morgan fingerprint density at radius 2 is 1.76 bits per heavy atom. The maximum absolute atomic E-state index is 13.3. The highest BCUT2D eigenvalue weighted by molar-refractivity contribution is 6.00. The van der Waals surface area contributed by atoms with E-state index in [-0.39, 0.29) is 35.9 Å². The Kier molecular flexibility index (Phi) is 4.85. The van der Waals surface area contributed by atoms with Crippen molar-refractivity contribution < 1.29 is 9.59 Å². The lowest BCUT2D eigenvalue weighted by molar-refractivity contribution is -0.137. The van der Waals surface area contributed by atoms with Crippen LogP contribution in [0.15, 0.2) is 47.3 Å². The molecule has 0 bridgehead atoms. The van der Waals surface area contributed by atoms with Gasteiger partial charge in [-0.2, -0.15) is 0 Å². The van der Waals surface area contributed by atoms with Gasteiger partial charge in [0, 0.05) is 37.8 Å². The van der Waals surface area contributed by atoms with Crippen molar-refractivity contribution in [1.82, 2.24) is 14.5 Å². The normalized spacial score (nSPS) is 21.2. The van der Waals surface area contributed by atoms with Crippen molar-refractivity contribution in [3.8, 4) is 0 Å². The number of nitrogens with one attached hydrogen (secondary N) is 1. The summed E-state index contributed by atoms with van der Waals surface area (Å²) in [7, 11) is 0. The third kappa shape index (κ3) is 3.46. The van der Waals surface area contributed by atoms with Gasteiger partial charge in [0.1, 0.15) is 0 Å². The van der Waals surface area contributed by atoms with Crippen LogP contribution in [-0.4, -0.2) is 45.9 Å². The highest BCUT2D eigenvalue weighted by Crippen LogP contribution is 2.32. The molecule has 7 nitrogen and oxygen atoms in total. The fourth-order valence-electron chi connectivity index (χ4n) is 5.89. The van der Waals surface area contributed by atoms with Crippen molar-refractivity contribution in [3.05, 3.63) is 64.1 Å². The van der Waals surface area contributed by atoms with Crippen LogP contribution >= 0.6 is 0 Å². The van der Waals surface area contributed by atoms with E-state index in [9.17, 15) is 14.4 Å². The molecule has 1 aromatic heterocycles. The summed E-state index contributed by atoms with van der Waals surface area (Å²) in [5, 5.41) is 0. The van der Waals surface area contributed by atoms with Gasteiger partial charge >= 0.3 is 5.69 Å². The lowest BCUT2D eigenvalue weighted by Gasteiger charge is -2.34. The average molecular weight is 445 g/mol.